The van der Waals surface area contributed by atoms with Gasteiger partial charge in [-0.2, -0.15) is 0 Å². The van der Waals surface area contributed by atoms with Gasteiger partial charge in [0.2, 0.25) is 0 Å². The molecular formula is C23H32N2O2. The molecule has 1 N–H and O–H groups in total. The first kappa shape index (κ1) is 19.7. The number of benzene rings is 2. The molecule has 3 rings (SSSR count). The fourth-order valence-corrected chi connectivity index (χ4v) is 3.80. The molecule has 1 saturated heterocycles. The Morgan fingerprint density at radius 1 is 0.926 bits per heavy atom. The zero-order valence-corrected chi connectivity index (χ0v) is 16.6. The lowest BCUT2D eigenvalue weighted by Crippen LogP contribution is -2.37. The molecule has 4 nitrogen and oxygen atoms in total. The van der Waals surface area contributed by atoms with Gasteiger partial charge in [-0.3, -0.25) is 4.90 Å². The molecule has 1 aliphatic rings. The number of nitrogens with zero attached hydrogens (tertiary/aromatic N) is 1. The van der Waals surface area contributed by atoms with Gasteiger partial charge in [0.1, 0.15) is 11.5 Å². The normalized spacial score (nSPS) is 17.2. The van der Waals surface area contributed by atoms with Crippen LogP contribution in [0.3, 0.4) is 0 Å². The molecule has 0 amide bonds. The molecule has 0 radical (unpaired) electrons. The molecule has 146 valence electrons. The van der Waals surface area contributed by atoms with Gasteiger partial charge in [0.05, 0.1) is 13.2 Å². The smallest absolute Gasteiger partial charge is 0.123 e. The molecule has 4 heteroatoms. The minimum absolute atomic E-state index is 0.568. The Morgan fingerprint density at radius 2 is 1.56 bits per heavy atom. The number of rotatable bonds is 10. The van der Waals surface area contributed by atoms with Crippen molar-refractivity contribution in [1.29, 1.82) is 0 Å². The summed E-state index contributed by atoms with van der Waals surface area (Å²) >= 11 is 0. The molecule has 0 saturated carbocycles. The highest BCUT2D eigenvalue weighted by Gasteiger charge is 2.25. The van der Waals surface area contributed by atoms with Gasteiger partial charge in [-0.1, -0.05) is 36.4 Å². The average Bonchev–Trinajstić information content (AvgIpc) is 3.12. The topological polar surface area (TPSA) is 33.7 Å². The van der Waals surface area contributed by atoms with Crippen LogP contribution in [0.2, 0.25) is 0 Å². The van der Waals surface area contributed by atoms with E-state index in [-0.39, 0.29) is 0 Å². The van der Waals surface area contributed by atoms with E-state index in [1.54, 1.807) is 0 Å². The van der Waals surface area contributed by atoms with E-state index in [4.69, 9.17) is 9.47 Å². The van der Waals surface area contributed by atoms with Crippen molar-refractivity contribution in [1.82, 2.24) is 10.2 Å². The van der Waals surface area contributed by atoms with Crippen LogP contribution in [0.4, 0.5) is 0 Å². The van der Waals surface area contributed by atoms with Gasteiger partial charge in [0.15, 0.2) is 0 Å². The predicted molar refractivity (Wildman–Crippen MR) is 110 cm³/mol. The third kappa shape index (κ3) is 5.47. The van der Waals surface area contributed by atoms with E-state index in [0.717, 1.165) is 37.7 Å². The minimum atomic E-state index is 0.568. The highest BCUT2D eigenvalue weighted by molar-refractivity contribution is 5.34. The number of para-hydroxylation sites is 2. The second kappa shape index (κ2) is 10.3. The highest BCUT2D eigenvalue weighted by atomic mass is 16.5. The molecule has 0 aromatic heterocycles. The molecule has 0 spiro atoms. The number of ether oxygens (including phenoxy) is 2. The van der Waals surface area contributed by atoms with Crippen LogP contribution in [0.15, 0.2) is 48.5 Å². The van der Waals surface area contributed by atoms with E-state index in [1.165, 1.54) is 24.0 Å². The summed E-state index contributed by atoms with van der Waals surface area (Å²) in [6.07, 6.45) is 2.51. The van der Waals surface area contributed by atoms with Crippen molar-refractivity contribution in [2.24, 2.45) is 0 Å². The second-order valence-corrected chi connectivity index (χ2v) is 6.98. The van der Waals surface area contributed by atoms with E-state index >= 15 is 0 Å². The van der Waals surface area contributed by atoms with Gasteiger partial charge in [0, 0.05) is 36.8 Å². The van der Waals surface area contributed by atoms with E-state index in [0.29, 0.717) is 19.3 Å². The fourth-order valence-electron chi connectivity index (χ4n) is 3.80. The summed E-state index contributed by atoms with van der Waals surface area (Å²) in [4.78, 5) is 2.58. The van der Waals surface area contributed by atoms with Crippen molar-refractivity contribution in [3.63, 3.8) is 0 Å². The Kier molecular flexibility index (Phi) is 7.55. The van der Waals surface area contributed by atoms with Crippen molar-refractivity contribution >= 4 is 0 Å². The lowest BCUT2D eigenvalue weighted by atomic mass is 10.1. The maximum absolute atomic E-state index is 5.80. The molecule has 2 aromatic carbocycles. The zero-order chi connectivity index (χ0) is 18.9. The largest absolute Gasteiger partial charge is 0.494 e. The number of nitrogens with one attached hydrogen (secondary N) is 1. The van der Waals surface area contributed by atoms with E-state index < -0.39 is 0 Å². The number of likely N-dealkylation sites (tertiary alicyclic amines) is 1. The molecule has 0 bridgehead atoms. The first-order valence-corrected chi connectivity index (χ1v) is 10.2. The third-order valence-electron chi connectivity index (χ3n) is 5.11. The molecule has 27 heavy (non-hydrogen) atoms. The van der Waals surface area contributed by atoms with Crippen LogP contribution in [0, 0.1) is 0 Å². The SMILES string of the molecule is CCOc1ccccc1CNC[C@@H]1CCCN1Cc1ccccc1OCC. The summed E-state index contributed by atoms with van der Waals surface area (Å²) in [6, 6.07) is 17.3. The second-order valence-electron chi connectivity index (χ2n) is 6.98. The lowest BCUT2D eigenvalue weighted by Gasteiger charge is -2.26. The van der Waals surface area contributed by atoms with Crippen LogP contribution in [-0.4, -0.2) is 37.2 Å². The van der Waals surface area contributed by atoms with Crippen molar-refractivity contribution in [3.05, 3.63) is 59.7 Å². The van der Waals surface area contributed by atoms with Gasteiger partial charge in [-0.15, -0.1) is 0 Å². The Hall–Kier alpha value is -2.04. The Balaban J connectivity index is 1.55. The summed E-state index contributed by atoms with van der Waals surface area (Å²) in [7, 11) is 0. The quantitative estimate of drug-likeness (QED) is 0.680. The molecule has 2 aromatic rings. The molecule has 0 aliphatic carbocycles. The monoisotopic (exact) mass is 368 g/mol. The van der Waals surface area contributed by atoms with Crippen molar-refractivity contribution in [2.75, 3.05) is 26.3 Å². The standard InChI is InChI=1S/C23H32N2O2/c1-3-26-22-13-7-5-10-19(22)16-24-17-21-12-9-15-25(21)18-20-11-6-8-14-23(20)27-4-2/h5-8,10-11,13-14,21,24H,3-4,9,12,15-18H2,1-2H3/t21-/m0/s1. The van der Waals surface area contributed by atoms with Gasteiger partial charge >= 0.3 is 0 Å². The summed E-state index contributed by atoms with van der Waals surface area (Å²) in [6.45, 7) is 9.43. The summed E-state index contributed by atoms with van der Waals surface area (Å²) < 4.78 is 11.5. The van der Waals surface area contributed by atoms with E-state index in [2.05, 4.69) is 40.5 Å². The zero-order valence-electron chi connectivity index (χ0n) is 16.6. The van der Waals surface area contributed by atoms with Crippen LogP contribution in [0.5, 0.6) is 11.5 Å². The molecule has 1 heterocycles. The van der Waals surface area contributed by atoms with E-state index in [9.17, 15) is 0 Å². The maximum Gasteiger partial charge on any atom is 0.123 e. The first-order chi connectivity index (χ1) is 13.3. The maximum atomic E-state index is 5.80. The minimum Gasteiger partial charge on any atom is -0.494 e. The third-order valence-corrected chi connectivity index (χ3v) is 5.11. The van der Waals surface area contributed by atoms with Crippen LogP contribution in [0.25, 0.3) is 0 Å². The van der Waals surface area contributed by atoms with Gasteiger partial charge in [-0.05, 0) is 45.4 Å². The van der Waals surface area contributed by atoms with Gasteiger partial charge in [0.25, 0.3) is 0 Å². The highest BCUT2D eigenvalue weighted by Crippen LogP contribution is 2.25. The average molecular weight is 369 g/mol. The van der Waals surface area contributed by atoms with Crippen molar-refractivity contribution < 1.29 is 9.47 Å². The van der Waals surface area contributed by atoms with E-state index in [1.807, 2.05) is 32.0 Å². The number of hydrogen-bond donors (Lipinski definition) is 1. The van der Waals surface area contributed by atoms with Crippen molar-refractivity contribution in [2.45, 2.75) is 45.8 Å². The summed E-state index contributed by atoms with van der Waals surface area (Å²) in [5, 5.41) is 3.65. The van der Waals surface area contributed by atoms with Crippen LogP contribution >= 0.6 is 0 Å². The van der Waals surface area contributed by atoms with Gasteiger partial charge < -0.3 is 14.8 Å². The Bertz CT molecular complexity index is 704. The predicted octanol–water partition coefficient (Wildman–Crippen LogP) is 4.24. The Morgan fingerprint density at radius 3 is 2.26 bits per heavy atom. The summed E-state index contributed by atoms with van der Waals surface area (Å²) in [5.41, 5.74) is 2.51. The molecule has 1 atom stereocenters. The summed E-state index contributed by atoms with van der Waals surface area (Å²) in [5.74, 6) is 2.01. The molecule has 1 aliphatic heterocycles. The number of hydrogen-bond acceptors (Lipinski definition) is 4. The Labute approximate surface area is 163 Å². The molecule has 0 unspecified atom stereocenters. The van der Waals surface area contributed by atoms with Crippen LogP contribution in [0.1, 0.15) is 37.8 Å². The van der Waals surface area contributed by atoms with Gasteiger partial charge in [-0.25, -0.2) is 0 Å². The fraction of sp³-hybridized carbons (Fsp3) is 0.478. The first-order valence-electron chi connectivity index (χ1n) is 10.2. The van der Waals surface area contributed by atoms with Crippen LogP contribution in [-0.2, 0) is 13.1 Å². The lowest BCUT2D eigenvalue weighted by molar-refractivity contribution is 0.233. The molecule has 1 fully saturated rings. The van der Waals surface area contributed by atoms with Crippen LogP contribution < -0.4 is 14.8 Å². The molecular weight excluding hydrogens is 336 g/mol. The van der Waals surface area contributed by atoms with Crippen molar-refractivity contribution in [3.8, 4) is 11.5 Å².